The standard InChI is InChI=1S/C11H13N3O/c12-11(15)10-3-1-2-8-14(10)9-4-6-13-7-5-9/h4-7,10H,1-2,8H2,(H2,12,15). The Hall–Kier alpha value is -1.58. The van der Waals surface area contributed by atoms with Gasteiger partial charge >= 0.3 is 0 Å². The van der Waals surface area contributed by atoms with Crippen LogP contribution in [0, 0.1) is 6.42 Å². The molecule has 2 radical (unpaired) electrons. The van der Waals surface area contributed by atoms with Crippen molar-refractivity contribution in [2.75, 3.05) is 11.4 Å². The summed E-state index contributed by atoms with van der Waals surface area (Å²) in [6, 6.07) is 3.35. The maximum atomic E-state index is 11.2. The summed E-state index contributed by atoms with van der Waals surface area (Å²) in [5, 5.41) is 0. The van der Waals surface area contributed by atoms with Gasteiger partial charge in [-0.2, -0.15) is 0 Å². The Kier molecular flexibility index (Phi) is 2.85. The van der Waals surface area contributed by atoms with Gasteiger partial charge in [-0.1, -0.05) is 0 Å². The van der Waals surface area contributed by atoms with Crippen molar-refractivity contribution in [3.63, 3.8) is 0 Å². The van der Waals surface area contributed by atoms with E-state index in [2.05, 4.69) is 11.4 Å². The molecule has 1 saturated heterocycles. The van der Waals surface area contributed by atoms with E-state index in [1.165, 1.54) is 0 Å². The maximum Gasteiger partial charge on any atom is 0.240 e. The number of carbonyl (C=O) groups is 1. The van der Waals surface area contributed by atoms with E-state index >= 15 is 0 Å². The van der Waals surface area contributed by atoms with E-state index in [1.807, 2.05) is 17.0 Å². The number of rotatable bonds is 2. The lowest BCUT2D eigenvalue weighted by atomic mass is 10.0. The van der Waals surface area contributed by atoms with Crippen LogP contribution in [-0.4, -0.2) is 23.5 Å². The molecule has 0 saturated carbocycles. The topological polar surface area (TPSA) is 59.2 Å². The fourth-order valence-electron chi connectivity index (χ4n) is 1.80. The van der Waals surface area contributed by atoms with Crippen molar-refractivity contribution in [2.24, 2.45) is 5.73 Å². The minimum absolute atomic E-state index is 0.341. The zero-order chi connectivity index (χ0) is 10.7. The number of amides is 1. The first-order chi connectivity index (χ1) is 7.29. The zero-order valence-electron chi connectivity index (χ0n) is 8.39. The summed E-state index contributed by atoms with van der Waals surface area (Å²) in [5.74, 6) is -0.341. The highest BCUT2D eigenvalue weighted by Crippen LogP contribution is 2.23. The van der Waals surface area contributed by atoms with Gasteiger partial charge < -0.3 is 10.6 Å². The van der Waals surface area contributed by atoms with Crippen LogP contribution in [0.4, 0.5) is 5.69 Å². The molecule has 1 fully saturated rings. The average molecular weight is 203 g/mol. The van der Waals surface area contributed by atoms with Gasteiger partial charge in [0.1, 0.15) is 6.04 Å². The smallest absolute Gasteiger partial charge is 0.240 e. The van der Waals surface area contributed by atoms with Gasteiger partial charge in [-0.15, -0.1) is 0 Å². The third-order valence-electron chi connectivity index (χ3n) is 2.49. The third-order valence-corrected chi connectivity index (χ3v) is 2.49. The molecule has 0 aromatic carbocycles. The Morgan fingerprint density at radius 1 is 1.53 bits per heavy atom. The lowest BCUT2D eigenvalue weighted by molar-refractivity contribution is -0.118. The van der Waals surface area contributed by atoms with E-state index in [1.54, 1.807) is 12.4 Å². The van der Waals surface area contributed by atoms with Crippen molar-refractivity contribution in [1.29, 1.82) is 0 Å². The van der Waals surface area contributed by atoms with Gasteiger partial charge in [-0.3, -0.25) is 9.78 Å². The maximum absolute atomic E-state index is 11.2. The second kappa shape index (κ2) is 4.29. The van der Waals surface area contributed by atoms with E-state index in [4.69, 9.17) is 5.73 Å². The molecular weight excluding hydrogens is 190 g/mol. The van der Waals surface area contributed by atoms with Crippen molar-refractivity contribution in [3.8, 4) is 0 Å². The van der Waals surface area contributed by atoms with Crippen molar-refractivity contribution < 1.29 is 4.79 Å². The molecule has 4 heteroatoms. The third kappa shape index (κ3) is 2.09. The number of hydrogen-bond acceptors (Lipinski definition) is 3. The zero-order valence-corrected chi connectivity index (χ0v) is 8.39. The van der Waals surface area contributed by atoms with E-state index in [0.717, 1.165) is 25.1 Å². The molecule has 0 spiro atoms. The fourth-order valence-corrected chi connectivity index (χ4v) is 1.80. The molecule has 78 valence electrons. The summed E-state index contributed by atoms with van der Waals surface area (Å²) >= 11 is 0. The van der Waals surface area contributed by atoms with Crippen LogP contribution in [0.3, 0.4) is 0 Å². The SMILES string of the molecule is NC(=O)C1[C]CCCN1c1ccncc1. The Morgan fingerprint density at radius 3 is 2.93 bits per heavy atom. The van der Waals surface area contributed by atoms with Crippen LogP contribution in [0.1, 0.15) is 12.8 Å². The summed E-state index contributed by atoms with van der Waals surface area (Å²) in [4.78, 5) is 17.2. The monoisotopic (exact) mass is 203 g/mol. The molecule has 1 aliphatic rings. The minimum Gasteiger partial charge on any atom is -0.368 e. The molecule has 1 unspecified atom stereocenters. The van der Waals surface area contributed by atoms with Crippen LogP contribution in [-0.2, 0) is 4.79 Å². The molecule has 0 aliphatic carbocycles. The number of carbonyl (C=O) groups excluding carboxylic acids is 1. The van der Waals surface area contributed by atoms with Crippen LogP contribution in [0.25, 0.3) is 0 Å². The summed E-state index contributed by atoms with van der Waals surface area (Å²) < 4.78 is 0. The molecule has 4 nitrogen and oxygen atoms in total. The Balaban J connectivity index is 2.22. The highest BCUT2D eigenvalue weighted by atomic mass is 16.1. The summed E-state index contributed by atoms with van der Waals surface area (Å²) in [6.45, 7) is 0.838. The van der Waals surface area contributed by atoms with Gasteiger partial charge in [-0.05, 0) is 25.0 Å². The van der Waals surface area contributed by atoms with Crippen molar-refractivity contribution in [2.45, 2.75) is 18.9 Å². The number of hydrogen-bond donors (Lipinski definition) is 1. The summed E-state index contributed by atoms with van der Waals surface area (Å²) in [6.07, 6.45) is 8.35. The minimum atomic E-state index is -0.402. The number of pyridine rings is 1. The average Bonchev–Trinajstić information content (AvgIpc) is 2.30. The molecule has 0 bridgehead atoms. The van der Waals surface area contributed by atoms with Gasteiger partial charge in [0.2, 0.25) is 5.91 Å². The number of nitrogens with two attached hydrogens (primary N) is 1. The Bertz CT molecular complexity index is 339. The van der Waals surface area contributed by atoms with Crippen LogP contribution in [0.2, 0.25) is 0 Å². The molecule has 1 aliphatic heterocycles. The van der Waals surface area contributed by atoms with Gasteiger partial charge in [0.25, 0.3) is 0 Å². The summed E-state index contributed by atoms with van der Waals surface area (Å²) in [5.41, 5.74) is 6.31. The van der Waals surface area contributed by atoms with Gasteiger partial charge in [0.05, 0.1) is 0 Å². The number of piperidine rings is 1. The first-order valence-corrected chi connectivity index (χ1v) is 4.98. The van der Waals surface area contributed by atoms with Crippen LogP contribution in [0.5, 0.6) is 0 Å². The van der Waals surface area contributed by atoms with E-state index in [-0.39, 0.29) is 5.91 Å². The first-order valence-electron chi connectivity index (χ1n) is 4.98. The van der Waals surface area contributed by atoms with Crippen LogP contribution < -0.4 is 10.6 Å². The second-order valence-electron chi connectivity index (χ2n) is 3.51. The predicted molar refractivity (Wildman–Crippen MR) is 57.0 cm³/mol. The second-order valence-corrected chi connectivity index (χ2v) is 3.51. The molecule has 1 amide bonds. The normalized spacial score (nSPS) is 21.3. The highest BCUT2D eigenvalue weighted by Gasteiger charge is 2.27. The molecule has 1 aromatic heterocycles. The molecule has 2 N–H and O–H groups in total. The largest absolute Gasteiger partial charge is 0.368 e. The molecule has 2 heterocycles. The number of nitrogens with zero attached hydrogens (tertiary/aromatic N) is 2. The molecule has 1 aromatic rings. The van der Waals surface area contributed by atoms with Crippen molar-refractivity contribution >= 4 is 11.6 Å². The van der Waals surface area contributed by atoms with Gasteiger partial charge in [0, 0.05) is 31.0 Å². The summed E-state index contributed by atoms with van der Waals surface area (Å²) in [7, 11) is 0. The number of aromatic nitrogens is 1. The van der Waals surface area contributed by atoms with Gasteiger partial charge in [0.15, 0.2) is 0 Å². The highest BCUT2D eigenvalue weighted by molar-refractivity contribution is 5.85. The Morgan fingerprint density at radius 2 is 2.27 bits per heavy atom. The molecule has 15 heavy (non-hydrogen) atoms. The van der Waals surface area contributed by atoms with Crippen LogP contribution >= 0.6 is 0 Å². The van der Waals surface area contributed by atoms with E-state index < -0.39 is 6.04 Å². The Labute approximate surface area is 89.1 Å². The van der Waals surface area contributed by atoms with Crippen molar-refractivity contribution in [3.05, 3.63) is 30.9 Å². The first kappa shape index (κ1) is 9.96. The predicted octanol–water partition coefficient (Wildman–Crippen LogP) is 0.617. The van der Waals surface area contributed by atoms with Crippen LogP contribution in [0.15, 0.2) is 24.5 Å². The van der Waals surface area contributed by atoms with E-state index in [9.17, 15) is 4.79 Å². The van der Waals surface area contributed by atoms with Gasteiger partial charge in [-0.25, -0.2) is 0 Å². The number of primary amides is 1. The van der Waals surface area contributed by atoms with E-state index in [0.29, 0.717) is 0 Å². The fraction of sp³-hybridized carbons (Fsp3) is 0.364. The van der Waals surface area contributed by atoms with Crippen molar-refractivity contribution in [1.82, 2.24) is 4.98 Å². The lowest BCUT2D eigenvalue weighted by Gasteiger charge is -2.34. The lowest BCUT2D eigenvalue weighted by Crippen LogP contribution is -2.48. The molecule has 1 atom stereocenters. The number of anilines is 1. The molecular formula is C11H13N3O. The quantitative estimate of drug-likeness (QED) is 0.766. The molecule has 2 rings (SSSR count).